The molecule has 0 saturated heterocycles. The molecule has 0 saturated carbocycles. The smallest absolute Gasteiger partial charge is 0.267 e. The molecule has 0 spiro atoms. The van der Waals surface area contributed by atoms with Crippen LogP contribution < -0.4 is 14.8 Å². The molecule has 0 radical (unpaired) electrons. The van der Waals surface area contributed by atoms with Crippen molar-refractivity contribution < 1.29 is 14.3 Å². The minimum Gasteiger partial charge on any atom is -0.493 e. The Hall–Kier alpha value is -1.80. The fraction of sp³-hybridized carbons (Fsp3) is 0.438. The van der Waals surface area contributed by atoms with Gasteiger partial charge in [-0.15, -0.1) is 10.2 Å². The van der Waals surface area contributed by atoms with Crippen molar-refractivity contribution in [3.8, 4) is 11.5 Å². The summed E-state index contributed by atoms with van der Waals surface area (Å²) in [7, 11) is 1.57. The maximum atomic E-state index is 12.4. The molecule has 1 heterocycles. The van der Waals surface area contributed by atoms with Crippen molar-refractivity contribution in [2.45, 2.75) is 37.1 Å². The second-order valence-corrected chi connectivity index (χ2v) is 7.20. The largest absolute Gasteiger partial charge is 0.493 e. The number of carbonyl (C=O) groups is 1. The lowest BCUT2D eigenvalue weighted by atomic mass is 10.2. The maximum Gasteiger partial charge on any atom is 0.267 e. The van der Waals surface area contributed by atoms with Crippen LogP contribution in [0.3, 0.4) is 0 Å². The number of carbonyl (C=O) groups excluding carboxylic acids is 1. The summed E-state index contributed by atoms with van der Waals surface area (Å²) in [6.07, 6.45) is 0.966. The third kappa shape index (κ3) is 5.10. The molecule has 130 valence electrons. The number of nitrogens with zero attached hydrogens (tertiary/aromatic N) is 2. The predicted molar refractivity (Wildman–Crippen MR) is 97.3 cm³/mol. The predicted octanol–water partition coefficient (Wildman–Crippen LogP) is 3.84. The van der Waals surface area contributed by atoms with Crippen molar-refractivity contribution in [3.05, 3.63) is 24.3 Å². The average Bonchev–Trinajstić information content (AvgIpc) is 3.05. The van der Waals surface area contributed by atoms with Gasteiger partial charge in [0.05, 0.1) is 7.11 Å². The summed E-state index contributed by atoms with van der Waals surface area (Å²) in [6, 6.07) is 7.26. The van der Waals surface area contributed by atoms with Crippen LogP contribution in [0.5, 0.6) is 11.5 Å². The van der Waals surface area contributed by atoms with Crippen LogP contribution in [0.1, 0.15) is 26.7 Å². The van der Waals surface area contributed by atoms with E-state index in [9.17, 15) is 4.79 Å². The maximum absolute atomic E-state index is 12.4. The van der Waals surface area contributed by atoms with Crippen molar-refractivity contribution in [2.75, 3.05) is 18.2 Å². The highest BCUT2D eigenvalue weighted by atomic mass is 32.2. The van der Waals surface area contributed by atoms with E-state index < -0.39 is 6.10 Å². The van der Waals surface area contributed by atoms with Crippen LogP contribution in [0.15, 0.2) is 28.6 Å². The summed E-state index contributed by atoms with van der Waals surface area (Å²) in [6.45, 7) is 4.00. The number of para-hydroxylation sites is 2. The topological polar surface area (TPSA) is 73.3 Å². The van der Waals surface area contributed by atoms with Gasteiger partial charge >= 0.3 is 0 Å². The number of benzene rings is 1. The molecule has 1 aromatic carbocycles. The molecule has 0 aliphatic carbocycles. The molecule has 0 fully saturated rings. The van der Waals surface area contributed by atoms with Crippen molar-refractivity contribution in [2.24, 2.45) is 0 Å². The summed E-state index contributed by atoms with van der Waals surface area (Å²) >= 11 is 3.01. The number of ether oxygens (including phenoxy) is 2. The number of hydrogen-bond acceptors (Lipinski definition) is 7. The van der Waals surface area contributed by atoms with Gasteiger partial charge in [-0.1, -0.05) is 49.1 Å². The molecule has 8 heteroatoms. The molecule has 0 aliphatic heterocycles. The van der Waals surface area contributed by atoms with Gasteiger partial charge in [-0.3, -0.25) is 10.1 Å². The Labute approximate surface area is 150 Å². The molecule has 2 aromatic rings. The molecule has 1 atom stereocenters. The first-order chi connectivity index (χ1) is 11.7. The van der Waals surface area contributed by atoms with E-state index in [1.54, 1.807) is 31.0 Å². The molecular weight excluding hydrogens is 346 g/mol. The molecule has 1 N–H and O–H groups in total. The Morgan fingerprint density at radius 1 is 1.29 bits per heavy atom. The fourth-order valence-electron chi connectivity index (χ4n) is 1.89. The van der Waals surface area contributed by atoms with E-state index in [1.165, 1.54) is 11.3 Å². The number of methoxy groups -OCH3 is 1. The Morgan fingerprint density at radius 3 is 2.71 bits per heavy atom. The second-order valence-electron chi connectivity index (χ2n) is 4.88. The minimum absolute atomic E-state index is 0.244. The molecule has 0 bridgehead atoms. The first kappa shape index (κ1) is 18.5. The highest BCUT2D eigenvalue weighted by molar-refractivity contribution is 8.01. The lowest BCUT2D eigenvalue weighted by Crippen LogP contribution is -2.32. The Balaban J connectivity index is 1.99. The molecule has 2 rings (SSSR count). The Bertz CT molecular complexity index is 664. The van der Waals surface area contributed by atoms with Crippen molar-refractivity contribution in [3.63, 3.8) is 0 Å². The van der Waals surface area contributed by atoms with Crippen molar-refractivity contribution >= 4 is 34.1 Å². The number of thioether (sulfide) groups is 1. The van der Waals surface area contributed by atoms with Crippen LogP contribution in [-0.2, 0) is 4.79 Å². The minimum atomic E-state index is -0.628. The first-order valence-corrected chi connectivity index (χ1v) is 9.55. The third-order valence-electron chi connectivity index (χ3n) is 3.07. The van der Waals surface area contributed by atoms with E-state index in [1.807, 2.05) is 19.1 Å². The van der Waals surface area contributed by atoms with E-state index >= 15 is 0 Å². The fourth-order valence-corrected chi connectivity index (χ4v) is 3.57. The number of aromatic nitrogens is 2. The quantitative estimate of drug-likeness (QED) is 0.536. The number of hydrogen-bond donors (Lipinski definition) is 1. The summed E-state index contributed by atoms with van der Waals surface area (Å²) in [5.41, 5.74) is 0. The number of anilines is 1. The van der Waals surface area contributed by atoms with E-state index in [4.69, 9.17) is 9.47 Å². The van der Waals surface area contributed by atoms with Gasteiger partial charge in [0.1, 0.15) is 0 Å². The number of rotatable bonds is 9. The molecule has 0 unspecified atom stereocenters. The van der Waals surface area contributed by atoms with E-state index in [0.29, 0.717) is 23.1 Å². The van der Waals surface area contributed by atoms with Gasteiger partial charge in [-0.25, -0.2) is 0 Å². The number of nitrogens with one attached hydrogen (secondary N) is 1. The molecule has 0 aliphatic rings. The normalized spacial score (nSPS) is 11.8. The average molecular weight is 367 g/mol. The first-order valence-electron chi connectivity index (χ1n) is 7.74. The number of amides is 1. The van der Waals surface area contributed by atoms with Gasteiger partial charge in [0.25, 0.3) is 5.91 Å². The summed E-state index contributed by atoms with van der Waals surface area (Å²) in [5.74, 6) is 1.87. The molecule has 1 aromatic heterocycles. The van der Waals surface area contributed by atoms with Crippen LogP contribution in [-0.4, -0.2) is 35.1 Å². The Morgan fingerprint density at radius 2 is 2.04 bits per heavy atom. The van der Waals surface area contributed by atoms with Crippen molar-refractivity contribution in [1.82, 2.24) is 10.2 Å². The summed E-state index contributed by atoms with van der Waals surface area (Å²) < 4.78 is 11.9. The zero-order chi connectivity index (χ0) is 17.4. The molecular formula is C16H21N3O3S2. The highest BCUT2D eigenvalue weighted by Crippen LogP contribution is 2.28. The zero-order valence-electron chi connectivity index (χ0n) is 13.9. The van der Waals surface area contributed by atoms with Crippen LogP contribution in [0, 0.1) is 0 Å². The van der Waals surface area contributed by atoms with Gasteiger partial charge < -0.3 is 9.47 Å². The molecule has 1 amide bonds. The second kappa shape index (κ2) is 9.48. The monoisotopic (exact) mass is 367 g/mol. The molecule has 24 heavy (non-hydrogen) atoms. The lowest BCUT2D eigenvalue weighted by molar-refractivity contribution is -0.122. The summed E-state index contributed by atoms with van der Waals surface area (Å²) in [4.78, 5) is 12.4. The zero-order valence-corrected chi connectivity index (χ0v) is 15.6. The van der Waals surface area contributed by atoms with Gasteiger partial charge in [0.15, 0.2) is 21.9 Å². The van der Waals surface area contributed by atoms with Gasteiger partial charge in [-0.2, -0.15) is 0 Å². The Kier molecular flexibility index (Phi) is 7.33. The van der Waals surface area contributed by atoms with Gasteiger partial charge in [0.2, 0.25) is 5.13 Å². The third-order valence-corrected chi connectivity index (χ3v) is 5.25. The van der Waals surface area contributed by atoms with Gasteiger partial charge in [-0.05, 0) is 25.0 Å². The van der Waals surface area contributed by atoms with Crippen LogP contribution >= 0.6 is 23.1 Å². The van der Waals surface area contributed by atoms with Crippen LogP contribution in [0.25, 0.3) is 0 Å². The molecule has 6 nitrogen and oxygen atoms in total. The lowest BCUT2D eigenvalue weighted by Gasteiger charge is -2.17. The van der Waals surface area contributed by atoms with E-state index in [-0.39, 0.29) is 5.91 Å². The standard InChI is InChI=1S/C16H21N3O3S2/c1-4-10-23-16-19-18-15(24-16)17-14(20)11(5-2)22-13-9-7-6-8-12(13)21-3/h6-9,11H,4-5,10H2,1-3H3,(H,17,18,20)/t11-/m0/s1. The van der Waals surface area contributed by atoms with Gasteiger partial charge in [0, 0.05) is 5.75 Å². The van der Waals surface area contributed by atoms with Crippen molar-refractivity contribution in [1.29, 1.82) is 0 Å². The highest BCUT2D eigenvalue weighted by Gasteiger charge is 2.21. The van der Waals surface area contributed by atoms with E-state index in [0.717, 1.165) is 16.5 Å². The van der Waals surface area contributed by atoms with E-state index in [2.05, 4.69) is 22.4 Å². The summed E-state index contributed by atoms with van der Waals surface area (Å²) in [5, 5.41) is 11.3. The SMILES string of the molecule is CCCSc1nnc(NC(=O)[C@H](CC)Oc2ccccc2OC)s1. The van der Waals surface area contributed by atoms with Crippen LogP contribution in [0.4, 0.5) is 5.13 Å². The van der Waals surface area contributed by atoms with Crippen LogP contribution in [0.2, 0.25) is 0 Å².